The van der Waals surface area contributed by atoms with Gasteiger partial charge in [0, 0.05) is 6.07 Å². The van der Waals surface area contributed by atoms with Crippen molar-refractivity contribution in [2.45, 2.75) is 20.8 Å². The minimum Gasteiger partial charge on any atom is -0.507 e. The minimum absolute atomic E-state index is 0.158. The number of rotatable bonds is 4. The minimum atomic E-state index is -0.820. The predicted molar refractivity (Wildman–Crippen MR) is 104 cm³/mol. The topological polar surface area (TPSA) is 95.9 Å². The lowest BCUT2D eigenvalue weighted by Crippen LogP contribution is -2.54. The zero-order valence-corrected chi connectivity index (χ0v) is 15.8. The zero-order valence-electron chi connectivity index (χ0n) is 15.8. The molecule has 1 saturated heterocycles. The summed E-state index contributed by atoms with van der Waals surface area (Å²) in [6, 6.07) is 9.01. The molecule has 0 saturated carbocycles. The first kappa shape index (κ1) is 19.2. The summed E-state index contributed by atoms with van der Waals surface area (Å²) < 4.78 is 5.41. The number of imide groups is 2. The van der Waals surface area contributed by atoms with Crippen molar-refractivity contribution < 1.29 is 24.2 Å². The van der Waals surface area contributed by atoms with Crippen LogP contribution in [0.15, 0.2) is 42.0 Å². The molecule has 0 radical (unpaired) electrons. The van der Waals surface area contributed by atoms with Gasteiger partial charge in [-0.2, -0.15) is 0 Å². The van der Waals surface area contributed by atoms with Crippen molar-refractivity contribution in [3.63, 3.8) is 0 Å². The molecule has 7 heteroatoms. The number of aryl methyl sites for hydroxylation is 2. The van der Waals surface area contributed by atoms with Crippen LogP contribution in [0.4, 0.5) is 10.5 Å². The van der Waals surface area contributed by atoms with Gasteiger partial charge in [0.15, 0.2) is 0 Å². The van der Waals surface area contributed by atoms with E-state index < -0.39 is 17.8 Å². The van der Waals surface area contributed by atoms with Crippen LogP contribution in [0.5, 0.6) is 11.5 Å². The third-order valence-electron chi connectivity index (χ3n) is 4.31. The van der Waals surface area contributed by atoms with E-state index in [1.165, 1.54) is 6.08 Å². The summed E-state index contributed by atoms with van der Waals surface area (Å²) in [4.78, 5) is 38.4. The van der Waals surface area contributed by atoms with Crippen molar-refractivity contribution in [2.24, 2.45) is 0 Å². The molecule has 0 atom stereocenters. The van der Waals surface area contributed by atoms with E-state index in [0.29, 0.717) is 34.7 Å². The molecular weight excluding hydrogens is 360 g/mol. The number of phenolic OH excluding ortho intramolecular Hbond substituents is 1. The maximum absolute atomic E-state index is 12.9. The maximum atomic E-state index is 12.9. The van der Waals surface area contributed by atoms with E-state index in [2.05, 4.69) is 5.32 Å². The molecule has 1 fully saturated rings. The Kier molecular flexibility index (Phi) is 5.17. The fourth-order valence-electron chi connectivity index (χ4n) is 3.01. The largest absolute Gasteiger partial charge is 0.507 e. The van der Waals surface area contributed by atoms with E-state index in [0.717, 1.165) is 4.90 Å². The number of hydrogen-bond donors (Lipinski definition) is 2. The summed E-state index contributed by atoms with van der Waals surface area (Å²) in [6.07, 6.45) is 1.41. The van der Waals surface area contributed by atoms with Gasteiger partial charge in [-0.1, -0.05) is 6.07 Å². The van der Waals surface area contributed by atoms with Crippen LogP contribution in [0, 0.1) is 13.8 Å². The highest BCUT2D eigenvalue weighted by Crippen LogP contribution is 2.27. The van der Waals surface area contributed by atoms with Crippen molar-refractivity contribution in [1.82, 2.24) is 5.32 Å². The Morgan fingerprint density at radius 2 is 1.79 bits per heavy atom. The Morgan fingerprint density at radius 3 is 2.43 bits per heavy atom. The van der Waals surface area contributed by atoms with Gasteiger partial charge >= 0.3 is 6.03 Å². The first-order valence-electron chi connectivity index (χ1n) is 8.76. The molecule has 2 N–H and O–H groups in total. The Bertz CT molecular complexity index is 987. The molecule has 144 valence electrons. The zero-order chi connectivity index (χ0) is 20.4. The Morgan fingerprint density at radius 1 is 1.11 bits per heavy atom. The van der Waals surface area contributed by atoms with E-state index in [4.69, 9.17) is 4.74 Å². The molecule has 4 amide bonds. The number of aromatic hydroxyl groups is 1. The van der Waals surface area contributed by atoms with E-state index in [1.807, 2.05) is 6.92 Å². The number of carbonyl (C=O) groups excluding carboxylic acids is 3. The number of amides is 4. The number of anilines is 1. The third-order valence-corrected chi connectivity index (χ3v) is 4.31. The number of urea groups is 1. The molecule has 1 aliphatic rings. The SMILES string of the molecule is CCOc1cccc(N2C(=O)NC(=O)C(=Cc3cc(C)c(O)c(C)c3)C2=O)c1. The van der Waals surface area contributed by atoms with E-state index in [9.17, 15) is 19.5 Å². The van der Waals surface area contributed by atoms with Crippen LogP contribution in [0.2, 0.25) is 0 Å². The van der Waals surface area contributed by atoms with E-state index in [-0.39, 0.29) is 11.3 Å². The molecule has 0 unspecified atom stereocenters. The first-order valence-corrected chi connectivity index (χ1v) is 8.76. The number of ether oxygens (including phenoxy) is 1. The normalized spacial score (nSPS) is 15.8. The molecule has 0 aromatic heterocycles. The lowest BCUT2D eigenvalue weighted by Gasteiger charge is -2.26. The van der Waals surface area contributed by atoms with Crippen molar-refractivity contribution in [3.8, 4) is 11.5 Å². The first-order chi connectivity index (χ1) is 13.3. The highest BCUT2D eigenvalue weighted by molar-refractivity contribution is 6.39. The van der Waals surface area contributed by atoms with Gasteiger partial charge in [-0.05, 0) is 67.8 Å². The lowest BCUT2D eigenvalue weighted by atomic mass is 10.0. The van der Waals surface area contributed by atoms with Crippen LogP contribution in [-0.4, -0.2) is 29.6 Å². The molecule has 0 aliphatic carbocycles. The second kappa shape index (κ2) is 7.56. The molecule has 3 rings (SSSR count). The summed E-state index contributed by atoms with van der Waals surface area (Å²) in [6.45, 7) is 5.71. The van der Waals surface area contributed by atoms with E-state index >= 15 is 0 Å². The van der Waals surface area contributed by atoms with Gasteiger partial charge in [0.1, 0.15) is 17.1 Å². The van der Waals surface area contributed by atoms with Gasteiger partial charge in [0.05, 0.1) is 12.3 Å². The highest BCUT2D eigenvalue weighted by Gasteiger charge is 2.37. The molecule has 0 spiro atoms. The smallest absolute Gasteiger partial charge is 0.335 e. The summed E-state index contributed by atoms with van der Waals surface area (Å²) in [5, 5.41) is 12.1. The average Bonchev–Trinajstić information content (AvgIpc) is 2.63. The van der Waals surface area contributed by atoms with Gasteiger partial charge in [-0.25, -0.2) is 9.69 Å². The van der Waals surface area contributed by atoms with Crippen LogP contribution in [-0.2, 0) is 9.59 Å². The van der Waals surface area contributed by atoms with Crippen LogP contribution >= 0.6 is 0 Å². The fourth-order valence-corrected chi connectivity index (χ4v) is 3.01. The second-order valence-electron chi connectivity index (χ2n) is 6.39. The van der Waals surface area contributed by atoms with Crippen molar-refractivity contribution >= 4 is 29.6 Å². The number of benzene rings is 2. The number of nitrogens with one attached hydrogen (secondary N) is 1. The molecule has 1 aliphatic heterocycles. The van der Waals surface area contributed by atoms with Crippen LogP contribution in [0.1, 0.15) is 23.6 Å². The summed E-state index contributed by atoms with van der Waals surface area (Å²) in [5.74, 6) is -0.833. The average molecular weight is 380 g/mol. The van der Waals surface area contributed by atoms with Crippen LogP contribution < -0.4 is 15.0 Å². The predicted octanol–water partition coefficient (Wildman–Crippen LogP) is 3.07. The lowest BCUT2D eigenvalue weighted by molar-refractivity contribution is -0.122. The van der Waals surface area contributed by atoms with Gasteiger partial charge in [-0.15, -0.1) is 0 Å². The Labute approximate surface area is 162 Å². The van der Waals surface area contributed by atoms with Crippen LogP contribution in [0.3, 0.4) is 0 Å². The van der Waals surface area contributed by atoms with Crippen LogP contribution in [0.25, 0.3) is 6.08 Å². The van der Waals surface area contributed by atoms with E-state index in [1.54, 1.807) is 50.2 Å². The monoisotopic (exact) mass is 380 g/mol. The van der Waals surface area contributed by atoms with Crippen molar-refractivity contribution in [1.29, 1.82) is 0 Å². The summed E-state index contributed by atoms with van der Waals surface area (Å²) in [5.41, 5.74) is 1.93. The standard InChI is InChI=1S/C21H20N2O5/c1-4-28-16-7-5-6-15(11-16)23-20(26)17(19(25)22-21(23)27)10-14-8-12(2)18(24)13(3)9-14/h5-11,24H,4H2,1-3H3,(H,22,25,27). The molecule has 1 heterocycles. The molecule has 0 bridgehead atoms. The second-order valence-corrected chi connectivity index (χ2v) is 6.39. The Balaban J connectivity index is 2.02. The maximum Gasteiger partial charge on any atom is 0.335 e. The van der Waals surface area contributed by atoms with Gasteiger partial charge in [-0.3, -0.25) is 14.9 Å². The third kappa shape index (κ3) is 3.59. The Hall–Kier alpha value is -3.61. The number of nitrogens with zero attached hydrogens (tertiary/aromatic N) is 1. The molecule has 2 aromatic carbocycles. The van der Waals surface area contributed by atoms with Crippen molar-refractivity contribution in [2.75, 3.05) is 11.5 Å². The van der Waals surface area contributed by atoms with Gasteiger partial charge in [0.2, 0.25) is 0 Å². The highest BCUT2D eigenvalue weighted by atomic mass is 16.5. The molecule has 28 heavy (non-hydrogen) atoms. The van der Waals surface area contributed by atoms with Crippen molar-refractivity contribution in [3.05, 3.63) is 58.7 Å². The summed E-state index contributed by atoms with van der Waals surface area (Å²) >= 11 is 0. The molecule has 7 nitrogen and oxygen atoms in total. The number of carbonyl (C=O) groups is 3. The van der Waals surface area contributed by atoms with Gasteiger partial charge < -0.3 is 9.84 Å². The number of barbiturate groups is 1. The molecular formula is C21H20N2O5. The summed E-state index contributed by atoms with van der Waals surface area (Å²) in [7, 11) is 0. The number of hydrogen-bond acceptors (Lipinski definition) is 5. The molecule has 2 aromatic rings. The number of phenols is 1. The fraction of sp³-hybridized carbons (Fsp3) is 0.190. The quantitative estimate of drug-likeness (QED) is 0.628. The van der Waals surface area contributed by atoms with Gasteiger partial charge in [0.25, 0.3) is 11.8 Å².